The number of nitrogen functional groups attached to an aromatic ring is 1. The third-order valence-corrected chi connectivity index (χ3v) is 2.58. The van der Waals surface area contributed by atoms with E-state index in [0.29, 0.717) is 18.0 Å². The number of esters is 1. The third kappa shape index (κ3) is 3.61. The van der Waals surface area contributed by atoms with Gasteiger partial charge in [0, 0.05) is 0 Å². The van der Waals surface area contributed by atoms with Crippen molar-refractivity contribution in [3.8, 4) is 0 Å². The van der Waals surface area contributed by atoms with Crippen molar-refractivity contribution >= 4 is 17.3 Å². The molecule has 0 radical (unpaired) electrons. The van der Waals surface area contributed by atoms with E-state index in [1.54, 1.807) is 6.07 Å². The molecule has 0 heterocycles. The number of carbonyl (C=O) groups is 1. The number of nitrogens with one attached hydrogen (secondary N) is 1. The van der Waals surface area contributed by atoms with E-state index in [1.165, 1.54) is 19.2 Å². The van der Waals surface area contributed by atoms with E-state index in [-0.39, 0.29) is 11.7 Å². The van der Waals surface area contributed by atoms with E-state index >= 15 is 0 Å². The average molecular weight is 254 g/mol. The Labute approximate surface area is 106 Å². The van der Waals surface area contributed by atoms with Gasteiger partial charge in [-0.05, 0) is 24.5 Å². The van der Waals surface area contributed by atoms with Crippen molar-refractivity contribution in [1.29, 1.82) is 0 Å². The van der Waals surface area contributed by atoms with Crippen molar-refractivity contribution in [1.82, 2.24) is 0 Å². The Hall–Kier alpha value is -1.78. The van der Waals surface area contributed by atoms with Crippen molar-refractivity contribution in [2.75, 3.05) is 18.2 Å². The smallest absolute Gasteiger partial charge is 0.328 e. The molecule has 0 fully saturated rings. The highest BCUT2D eigenvalue weighted by atomic mass is 19.1. The predicted molar refractivity (Wildman–Crippen MR) is 69.7 cm³/mol. The number of ether oxygens (including phenoxy) is 1. The predicted octanol–water partition coefficient (Wildman–Crippen LogP) is 2.41. The normalized spacial score (nSPS) is 12.3. The highest BCUT2D eigenvalue weighted by Crippen LogP contribution is 2.23. The van der Waals surface area contributed by atoms with E-state index in [9.17, 15) is 9.18 Å². The fraction of sp³-hybridized carbons (Fsp3) is 0.462. The first-order valence-electron chi connectivity index (χ1n) is 5.84. The minimum absolute atomic E-state index is 0.00941. The molecule has 0 aliphatic rings. The van der Waals surface area contributed by atoms with Crippen LogP contribution in [0.25, 0.3) is 0 Å². The first kappa shape index (κ1) is 14.3. The molecule has 1 aromatic rings. The zero-order valence-electron chi connectivity index (χ0n) is 10.9. The van der Waals surface area contributed by atoms with Crippen LogP contribution in [0.15, 0.2) is 18.2 Å². The zero-order valence-corrected chi connectivity index (χ0v) is 10.9. The molecule has 1 rings (SSSR count). The number of benzene rings is 1. The van der Waals surface area contributed by atoms with Gasteiger partial charge in [0.15, 0.2) is 0 Å². The zero-order chi connectivity index (χ0) is 13.7. The maximum atomic E-state index is 13.3. The summed E-state index contributed by atoms with van der Waals surface area (Å²) in [5.74, 6) is -0.586. The van der Waals surface area contributed by atoms with Gasteiger partial charge in [0.2, 0.25) is 0 Å². The lowest BCUT2D eigenvalue weighted by Gasteiger charge is -2.20. The molecule has 4 nitrogen and oxygen atoms in total. The minimum Gasteiger partial charge on any atom is -0.467 e. The van der Waals surface area contributed by atoms with Crippen molar-refractivity contribution < 1.29 is 13.9 Å². The molecule has 0 aliphatic heterocycles. The van der Waals surface area contributed by atoms with Crippen LogP contribution in [0, 0.1) is 11.7 Å². The molecule has 0 saturated heterocycles. The van der Waals surface area contributed by atoms with Crippen LogP contribution in [0.1, 0.15) is 20.3 Å². The van der Waals surface area contributed by atoms with Crippen molar-refractivity contribution in [3.05, 3.63) is 24.0 Å². The lowest BCUT2D eigenvalue weighted by molar-refractivity contribution is -0.141. The van der Waals surface area contributed by atoms with E-state index in [4.69, 9.17) is 10.5 Å². The lowest BCUT2D eigenvalue weighted by Crippen LogP contribution is -2.32. The summed E-state index contributed by atoms with van der Waals surface area (Å²) in [6.07, 6.45) is 0.586. The fourth-order valence-electron chi connectivity index (χ4n) is 1.68. The molecule has 0 saturated carbocycles. The van der Waals surface area contributed by atoms with Gasteiger partial charge in [-0.15, -0.1) is 0 Å². The Kier molecular flexibility index (Phi) is 4.95. The number of para-hydroxylation sites is 1. The van der Waals surface area contributed by atoms with E-state index in [2.05, 4.69) is 5.32 Å². The van der Waals surface area contributed by atoms with Crippen LogP contribution >= 0.6 is 0 Å². The second-order valence-electron chi connectivity index (χ2n) is 4.55. The molecule has 0 bridgehead atoms. The number of methoxy groups -OCH3 is 1. The van der Waals surface area contributed by atoms with Gasteiger partial charge in [0.1, 0.15) is 11.9 Å². The largest absolute Gasteiger partial charge is 0.467 e. The molecule has 100 valence electrons. The molecule has 5 heteroatoms. The molecule has 1 unspecified atom stereocenters. The van der Waals surface area contributed by atoms with Gasteiger partial charge in [0.05, 0.1) is 18.5 Å². The molecule has 18 heavy (non-hydrogen) atoms. The average Bonchev–Trinajstić information content (AvgIpc) is 2.32. The van der Waals surface area contributed by atoms with Gasteiger partial charge in [-0.3, -0.25) is 0 Å². The van der Waals surface area contributed by atoms with Crippen LogP contribution in [-0.2, 0) is 9.53 Å². The minimum atomic E-state index is -0.529. The quantitative estimate of drug-likeness (QED) is 0.625. The van der Waals surface area contributed by atoms with Crippen LogP contribution in [0.3, 0.4) is 0 Å². The number of halogens is 1. The van der Waals surface area contributed by atoms with Crippen molar-refractivity contribution in [3.63, 3.8) is 0 Å². The summed E-state index contributed by atoms with van der Waals surface area (Å²) in [5, 5.41) is 2.93. The first-order valence-corrected chi connectivity index (χ1v) is 5.84. The molecule has 1 atom stereocenters. The van der Waals surface area contributed by atoms with Gasteiger partial charge >= 0.3 is 5.97 Å². The van der Waals surface area contributed by atoms with Gasteiger partial charge in [0.25, 0.3) is 0 Å². The van der Waals surface area contributed by atoms with Crippen LogP contribution < -0.4 is 11.1 Å². The summed E-state index contributed by atoms with van der Waals surface area (Å²) in [4.78, 5) is 11.6. The first-order chi connectivity index (χ1) is 8.45. The second kappa shape index (κ2) is 6.23. The third-order valence-electron chi connectivity index (χ3n) is 2.58. The molecule has 0 spiro atoms. The number of rotatable bonds is 5. The van der Waals surface area contributed by atoms with E-state index in [1.807, 2.05) is 13.8 Å². The summed E-state index contributed by atoms with van der Waals surface area (Å²) < 4.78 is 18.0. The Morgan fingerprint density at radius 1 is 1.50 bits per heavy atom. The van der Waals surface area contributed by atoms with Gasteiger partial charge in [-0.1, -0.05) is 19.9 Å². The van der Waals surface area contributed by atoms with E-state index < -0.39 is 11.9 Å². The Morgan fingerprint density at radius 3 is 2.72 bits per heavy atom. The molecule has 3 N–H and O–H groups in total. The monoisotopic (exact) mass is 254 g/mol. The SMILES string of the molecule is COC(=O)C(CC(C)C)Nc1cccc(F)c1N. The van der Waals surface area contributed by atoms with Crippen molar-refractivity contribution in [2.24, 2.45) is 5.92 Å². The molecule has 0 aromatic heterocycles. The summed E-state index contributed by atoms with van der Waals surface area (Å²) in [6.45, 7) is 3.99. The second-order valence-corrected chi connectivity index (χ2v) is 4.55. The molecule has 0 amide bonds. The highest BCUT2D eigenvalue weighted by Gasteiger charge is 2.21. The maximum absolute atomic E-state index is 13.3. The number of anilines is 2. The van der Waals surface area contributed by atoms with Crippen molar-refractivity contribution in [2.45, 2.75) is 26.3 Å². The fourth-order valence-corrected chi connectivity index (χ4v) is 1.68. The number of carbonyl (C=O) groups excluding carboxylic acids is 1. The Balaban J connectivity index is 2.88. The summed E-state index contributed by atoms with van der Waals surface area (Å²) in [6, 6.07) is 3.92. The Bertz CT molecular complexity index is 421. The molecule has 1 aromatic carbocycles. The Morgan fingerprint density at radius 2 is 2.17 bits per heavy atom. The number of hydrogen-bond donors (Lipinski definition) is 2. The molecule has 0 aliphatic carbocycles. The maximum Gasteiger partial charge on any atom is 0.328 e. The van der Waals surface area contributed by atoms with Gasteiger partial charge in [-0.25, -0.2) is 9.18 Å². The van der Waals surface area contributed by atoms with Crippen LogP contribution in [0.4, 0.5) is 15.8 Å². The number of nitrogens with two attached hydrogens (primary N) is 1. The highest BCUT2D eigenvalue weighted by molar-refractivity contribution is 5.81. The standard InChI is InChI=1S/C13H19FN2O2/c1-8(2)7-11(13(17)18-3)16-10-6-4-5-9(14)12(10)15/h4-6,8,11,16H,7,15H2,1-3H3. The lowest BCUT2D eigenvalue weighted by atomic mass is 10.0. The van der Waals surface area contributed by atoms with Crippen LogP contribution in [-0.4, -0.2) is 19.1 Å². The van der Waals surface area contributed by atoms with Crippen LogP contribution in [0.2, 0.25) is 0 Å². The number of hydrogen-bond acceptors (Lipinski definition) is 4. The molecular formula is C13H19FN2O2. The van der Waals surface area contributed by atoms with Crippen LogP contribution in [0.5, 0.6) is 0 Å². The summed E-state index contributed by atoms with van der Waals surface area (Å²) in [5.41, 5.74) is 6.03. The topological polar surface area (TPSA) is 64.3 Å². The summed E-state index contributed by atoms with van der Waals surface area (Å²) in [7, 11) is 1.33. The van der Waals surface area contributed by atoms with Gasteiger partial charge < -0.3 is 15.8 Å². The molecular weight excluding hydrogens is 235 g/mol. The van der Waals surface area contributed by atoms with Gasteiger partial charge in [-0.2, -0.15) is 0 Å². The van der Waals surface area contributed by atoms with E-state index in [0.717, 1.165) is 0 Å². The summed E-state index contributed by atoms with van der Waals surface area (Å²) >= 11 is 0.